The highest BCUT2D eigenvalue weighted by atomic mass is 19.3. The molecule has 2 fully saturated rings. The van der Waals surface area contributed by atoms with Crippen LogP contribution >= 0.6 is 0 Å². The van der Waals surface area contributed by atoms with Crippen LogP contribution in [0.5, 0.6) is 5.75 Å². The third kappa shape index (κ3) is 3.72. The lowest BCUT2D eigenvalue weighted by atomic mass is 10.2. The predicted octanol–water partition coefficient (Wildman–Crippen LogP) is 1.38. The summed E-state index contributed by atoms with van der Waals surface area (Å²) in [5.41, 5.74) is 0.761. The molecule has 0 aliphatic carbocycles. The van der Waals surface area contributed by atoms with E-state index in [0.29, 0.717) is 55.0 Å². The smallest absolute Gasteiger partial charge is 0.296 e. The Morgan fingerprint density at radius 3 is 2.58 bits per heavy atom. The van der Waals surface area contributed by atoms with Crippen LogP contribution in [0.1, 0.15) is 12.2 Å². The normalized spacial score (nSPS) is 17.2. The lowest BCUT2D eigenvalue weighted by Crippen LogP contribution is -2.51. The van der Waals surface area contributed by atoms with Gasteiger partial charge in [0.25, 0.3) is 6.43 Å². The number of aromatic nitrogens is 5. The van der Waals surface area contributed by atoms with Gasteiger partial charge in [-0.05, 0) is 12.1 Å². The van der Waals surface area contributed by atoms with Crippen LogP contribution in [0.15, 0.2) is 18.2 Å². The number of para-hydroxylation sites is 1. The molecule has 12 heteroatoms. The molecule has 2 N–H and O–H groups in total. The van der Waals surface area contributed by atoms with E-state index < -0.39 is 12.2 Å². The second-order valence-corrected chi connectivity index (χ2v) is 7.29. The summed E-state index contributed by atoms with van der Waals surface area (Å²) < 4.78 is 39.9. The van der Waals surface area contributed by atoms with Crippen molar-refractivity contribution in [1.82, 2.24) is 29.8 Å². The van der Waals surface area contributed by atoms with Gasteiger partial charge in [0, 0.05) is 26.2 Å². The molecule has 164 valence electrons. The number of alkyl halides is 2. The molecule has 0 amide bonds. The Morgan fingerprint density at radius 2 is 1.90 bits per heavy atom. The number of benzene rings is 1. The molecule has 0 bridgehead atoms. The van der Waals surface area contributed by atoms with Gasteiger partial charge >= 0.3 is 0 Å². The molecule has 0 atom stereocenters. The average molecular weight is 432 g/mol. The largest absolute Gasteiger partial charge is 0.494 e. The van der Waals surface area contributed by atoms with Crippen molar-refractivity contribution in [1.29, 1.82) is 0 Å². The fourth-order valence-corrected chi connectivity index (χ4v) is 3.61. The fourth-order valence-electron chi connectivity index (χ4n) is 3.61. The van der Waals surface area contributed by atoms with Crippen LogP contribution in [0, 0.1) is 0 Å². The van der Waals surface area contributed by atoms with Crippen molar-refractivity contribution < 1.29 is 18.3 Å². The Morgan fingerprint density at radius 1 is 1.13 bits per heavy atom. The van der Waals surface area contributed by atoms with E-state index in [-0.39, 0.29) is 12.0 Å². The first-order chi connectivity index (χ1) is 15.1. The van der Waals surface area contributed by atoms with Crippen molar-refractivity contribution in [3.8, 4) is 11.7 Å². The number of halogens is 2. The quantitative estimate of drug-likeness (QED) is 0.598. The molecule has 1 aromatic carbocycles. The van der Waals surface area contributed by atoms with E-state index in [2.05, 4.69) is 30.6 Å². The van der Waals surface area contributed by atoms with E-state index in [1.165, 1.54) is 11.7 Å². The topological polar surface area (TPSA) is 102 Å². The van der Waals surface area contributed by atoms with Gasteiger partial charge in [-0.1, -0.05) is 6.07 Å². The molecule has 0 unspecified atom stereocenters. The lowest BCUT2D eigenvalue weighted by molar-refractivity contribution is 0.122. The molecule has 2 saturated heterocycles. The van der Waals surface area contributed by atoms with Gasteiger partial charge in [0.1, 0.15) is 11.3 Å². The summed E-state index contributed by atoms with van der Waals surface area (Å²) in [6, 6.07) is 5.26. The van der Waals surface area contributed by atoms with Crippen LogP contribution in [0.3, 0.4) is 0 Å². The van der Waals surface area contributed by atoms with Gasteiger partial charge in [-0.2, -0.15) is 15.0 Å². The highest BCUT2D eigenvalue weighted by Crippen LogP contribution is 2.32. The molecule has 4 heterocycles. The Bertz CT molecular complexity index is 1080. The fraction of sp³-hybridized carbons (Fsp3) is 0.474. The van der Waals surface area contributed by atoms with E-state index in [0.717, 1.165) is 13.1 Å². The van der Waals surface area contributed by atoms with Crippen LogP contribution in [0.25, 0.3) is 17.0 Å². The number of ether oxygens (including phenoxy) is 2. The Balaban J connectivity index is 1.67. The number of nitrogens with zero attached hydrogens (tertiary/aromatic N) is 6. The van der Waals surface area contributed by atoms with Crippen LogP contribution in [0.4, 0.5) is 20.7 Å². The zero-order chi connectivity index (χ0) is 21.4. The molecule has 10 nitrogen and oxygen atoms in total. The zero-order valence-electron chi connectivity index (χ0n) is 16.9. The minimum atomic E-state index is -2.83. The van der Waals surface area contributed by atoms with Gasteiger partial charge in [0.2, 0.25) is 17.8 Å². The highest BCUT2D eigenvalue weighted by Gasteiger charge is 2.26. The van der Waals surface area contributed by atoms with Crippen LogP contribution in [-0.2, 0) is 4.74 Å². The average Bonchev–Trinajstić information content (AvgIpc) is 3.17. The van der Waals surface area contributed by atoms with Crippen LogP contribution in [0.2, 0.25) is 0 Å². The molecule has 2 aliphatic rings. The number of rotatable bonds is 6. The third-order valence-corrected chi connectivity index (χ3v) is 5.31. The first-order valence-electron chi connectivity index (χ1n) is 10.0. The number of morpholine rings is 1. The van der Waals surface area contributed by atoms with Gasteiger partial charge in [0.05, 0.1) is 31.9 Å². The summed E-state index contributed by atoms with van der Waals surface area (Å²) >= 11 is 0. The van der Waals surface area contributed by atoms with Crippen molar-refractivity contribution in [2.45, 2.75) is 12.5 Å². The number of imidazole rings is 1. The van der Waals surface area contributed by atoms with Crippen molar-refractivity contribution in [3.05, 3.63) is 24.0 Å². The number of methoxy groups -OCH3 is 1. The van der Waals surface area contributed by atoms with E-state index in [9.17, 15) is 8.78 Å². The summed E-state index contributed by atoms with van der Waals surface area (Å²) in [6.07, 6.45) is -2.83. The minimum absolute atomic E-state index is 0.0809. The minimum Gasteiger partial charge on any atom is -0.494 e. The maximum Gasteiger partial charge on any atom is 0.296 e. The zero-order valence-corrected chi connectivity index (χ0v) is 16.9. The number of anilines is 2. The molecular weight excluding hydrogens is 410 g/mol. The molecule has 2 aliphatic heterocycles. The lowest BCUT2D eigenvalue weighted by Gasteiger charge is -2.30. The van der Waals surface area contributed by atoms with Crippen molar-refractivity contribution in [2.24, 2.45) is 0 Å². The molecule has 3 aromatic rings. The Labute approximate surface area is 176 Å². The highest BCUT2D eigenvalue weighted by molar-refractivity contribution is 5.84. The first kappa shape index (κ1) is 19.8. The van der Waals surface area contributed by atoms with E-state index in [4.69, 9.17) is 9.47 Å². The Kier molecular flexibility index (Phi) is 5.24. The standard InChI is InChI=1S/C19H22F2N8O2/c1-30-13-4-2-3-12-14(13)24-16(15(20)21)29(12)19-26-17(23-11-9-22-10-11)25-18(27-19)28-5-7-31-8-6-28/h2-4,11,15,22H,5-10H2,1H3,(H,23,25,26,27). The molecule has 31 heavy (non-hydrogen) atoms. The molecular formula is C19H22F2N8O2. The number of hydrogen-bond donors (Lipinski definition) is 2. The number of fused-ring (bicyclic) bond motifs is 1. The Hall–Kier alpha value is -3.12. The van der Waals surface area contributed by atoms with E-state index in [1.54, 1.807) is 18.2 Å². The summed E-state index contributed by atoms with van der Waals surface area (Å²) in [6.45, 7) is 3.86. The van der Waals surface area contributed by atoms with Gasteiger partial charge in [-0.25, -0.2) is 13.8 Å². The molecule has 0 saturated carbocycles. The van der Waals surface area contributed by atoms with Crippen molar-refractivity contribution >= 4 is 22.9 Å². The second kappa shape index (κ2) is 8.19. The predicted molar refractivity (Wildman–Crippen MR) is 109 cm³/mol. The SMILES string of the molecule is COc1cccc2c1nc(C(F)F)n2-c1nc(NC2CNC2)nc(N2CCOCC2)n1. The van der Waals surface area contributed by atoms with Gasteiger partial charge in [-0.15, -0.1) is 0 Å². The second-order valence-electron chi connectivity index (χ2n) is 7.29. The maximum atomic E-state index is 14.0. The van der Waals surface area contributed by atoms with Gasteiger partial charge in [-0.3, -0.25) is 4.57 Å². The summed E-state index contributed by atoms with van der Waals surface area (Å²) in [7, 11) is 1.48. The molecule has 0 spiro atoms. The molecule has 0 radical (unpaired) electrons. The van der Waals surface area contributed by atoms with Crippen molar-refractivity contribution in [3.63, 3.8) is 0 Å². The monoisotopic (exact) mass is 432 g/mol. The van der Waals surface area contributed by atoms with Crippen LogP contribution in [-0.4, -0.2) is 77.0 Å². The van der Waals surface area contributed by atoms with Crippen molar-refractivity contribution in [2.75, 3.05) is 56.7 Å². The summed E-state index contributed by atoms with van der Waals surface area (Å²) in [5, 5.41) is 6.42. The third-order valence-electron chi connectivity index (χ3n) is 5.31. The number of hydrogen-bond acceptors (Lipinski definition) is 9. The van der Waals surface area contributed by atoms with Gasteiger partial charge < -0.3 is 25.0 Å². The molecule has 5 rings (SSSR count). The maximum absolute atomic E-state index is 14.0. The van der Waals surface area contributed by atoms with E-state index in [1.807, 2.05) is 4.90 Å². The first-order valence-corrected chi connectivity index (χ1v) is 10.0. The summed E-state index contributed by atoms with van der Waals surface area (Å²) in [5.74, 6) is 0.780. The summed E-state index contributed by atoms with van der Waals surface area (Å²) in [4.78, 5) is 19.7. The van der Waals surface area contributed by atoms with Crippen LogP contribution < -0.4 is 20.3 Å². The van der Waals surface area contributed by atoms with Gasteiger partial charge in [0.15, 0.2) is 5.82 Å². The van der Waals surface area contributed by atoms with E-state index >= 15 is 0 Å². The number of nitrogens with one attached hydrogen (secondary N) is 2. The molecule has 2 aromatic heterocycles.